The Morgan fingerprint density at radius 2 is 1.85 bits per heavy atom. The molecule has 0 aliphatic rings. The molecule has 106 valence electrons. The Morgan fingerprint density at radius 1 is 1.20 bits per heavy atom. The van der Waals surface area contributed by atoms with Gasteiger partial charge in [0.2, 0.25) is 0 Å². The molecule has 0 spiro atoms. The van der Waals surface area contributed by atoms with Crippen molar-refractivity contribution < 1.29 is 8.42 Å². The molecule has 0 atom stereocenters. The second-order valence-corrected chi connectivity index (χ2v) is 6.74. The third-order valence-corrected chi connectivity index (χ3v) is 4.94. The second kappa shape index (κ2) is 5.80. The van der Waals surface area contributed by atoms with E-state index in [0.717, 1.165) is 15.7 Å². The van der Waals surface area contributed by atoms with E-state index in [1.165, 1.54) is 0 Å². The van der Waals surface area contributed by atoms with E-state index in [0.29, 0.717) is 5.82 Å². The normalized spacial score (nSPS) is 11.2. The Kier molecular flexibility index (Phi) is 4.29. The third-order valence-electron chi connectivity index (χ3n) is 2.74. The number of hydrogen-bond donors (Lipinski definition) is 2. The number of nitrogens with one attached hydrogen (secondary N) is 2. The van der Waals surface area contributed by atoms with Crippen molar-refractivity contribution in [1.82, 2.24) is 4.98 Å². The highest BCUT2D eigenvalue weighted by molar-refractivity contribution is 9.10. The van der Waals surface area contributed by atoms with Crippen molar-refractivity contribution in [2.45, 2.75) is 11.8 Å². The predicted molar refractivity (Wildman–Crippen MR) is 83.5 cm³/mol. The fraction of sp³-hybridized carbons (Fsp3) is 0.154. The maximum atomic E-state index is 12.2. The van der Waals surface area contributed by atoms with Gasteiger partial charge in [0.15, 0.2) is 0 Å². The van der Waals surface area contributed by atoms with Crippen molar-refractivity contribution in [3.63, 3.8) is 0 Å². The molecule has 0 unspecified atom stereocenters. The summed E-state index contributed by atoms with van der Waals surface area (Å²) in [6, 6.07) is 8.16. The quantitative estimate of drug-likeness (QED) is 0.884. The number of sulfonamides is 1. The van der Waals surface area contributed by atoms with Gasteiger partial charge in [0.05, 0.1) is 4.90 Å². The molecule has 0 aliphatic heterocycles. The van der Waals surface area contributed by atoms with E-state index >= 15 is 0 Å². The molecular formula is C13H14BrN3O2S. The molecule has 0 amide bonds. The first-order valence-electron chi connectivity index (χ1n) is 5.85. The molecule has 1 aromatic heterocycles. The Balaban J connectivity index is 2.27. The number of hydrogen-bond acceptors (Lipinski definition) is 4. The molecule has 1 aromatic carbocycles. The molecule has 2 N–H and O–H groups in total. The highest BCUT2D eigenvalue weighted by Gasteiger charge is 2.15. The second-order valence-electron chi connectivity index (χ2n) is 4.20. The minimum absolute atomic E-state index is 0.193. The van der Waals surface area contributed by atoms with Crippen molar-refractivity contribution in [3.05, 3.63) is 46.6 Å². The van der Waals surface area contributed by atoms with E-state index in [9.17, 15) is 8.42 Å². The summed E-state index contributed by atoms with van der Waals surface area (Å²) in [5, 5.41) is 2.94. The largest absolute Gasteiger partial charge is 0.388 e. The van der Waals surface area contributed by atoms with Crippen LogP contribution in [-0.4, -0.2) is 20.4 Å². The minimum Gasteiger partial charge on any atom is -0.388 e. The van der Waals surface area contributed by atoms with Crippen LogP contribution in [0.2, 0.25) is 0 Å². The molecule has 2 rings (SSSR count). The van der Waals surface area contributed by atoms with Crippen LogP contribution >= 0.6 is 15.9 Å². The molecule has 20 heavy (non-hydrogen) atoms. The molecule has 0 aliphatic carbocycles. The average Bonchev–Trinajstić information content (AvgIpc) is 2.43. The van der Waals surface area contributed by atoms with Gasteiger partial charge in [0.1, 0.15) is 5.82 Å². The number of halogens is 1. The zero-order chi connectivity index (χ0) is 14.8. The summed E-state index contributed by atoms with van der Waals surface area (Å²) in [6.07, 6.45) is 1.57. The van der Waals surface area contributed by atoms with Gasteiger partial charge in [-0.1, -0.05) is 0 Å². The summed E-state index contributed by atoms with van der Waals surface area (Å²) in [5.74, 6) is 0.295. The van der Waals surface area contributed by atoms with Crippen LogP contribution in [0.3, 0.4) is 0 Å². The van der Waals surface area contributed by atoms with Gasteiger partial charge in [-0.15, -0.1) is 0 Å². The lowest BCUT2D eigenvalue weighted by molar-refractivity contribution is 0.601. The Labute approximate surface area is 126 Å². The number of pyridine rings is 1. The highest BCUT2D eigenvalue weighted by Crippen LogP contribution is 2.20. The third kappa shape index (κ3) is 3.29. The van der Waals surface area contributed by atoms with Gasteiger partial charge >= 0.3 is 0 Å². The molecule has 5 nitrogen and oxygen atoms in total. The van der Waals surface area contributed by atoms with Crippen LogP contribution in [0.5, 0.6) is 0 Å². The van der Waals surface area contributed by atoms with Crippen LogP contribution in [0, 0.1) is 6.92 Å². The van der Waals surface area contributed by atoms with Crippen LogP contribution in [0.1, 0.15) is 5.56 Å². The lowest BCUT2D eigenvalue weighted by Gasteiger charge is -2.09. The van der Waals surface area contributed by atoms with E-state index in [1.807, 2.05) is 6.92 Å². The van der Waals surface area contributed by atoms with Gasteiger partial charge in [-0.2, -0.15) is 0 Å². The predicted octanol–water partition coefficient (Wildman–Crippen LogP) is 3.00. The molecule has 7 heteroatoms. The SMILES string of the molecule is CNc1ccc(S(=O)(=O)Nc2cc(C)c(Br)cn2)cc1. The standard InChI is InChI=1S/C13H14BrN3O2S/c1-9-7-13(16-8-12(9)14)17-20(18,19)11-5-3-10(15-2)4-6-11/h3-8,15H,1-2H3,(H,16,17). The number of aromatic nitrogens is 1. The van der Waals surface area contributed by atoms with E-state index in [1.54, 1.807) is 43.6 Å². The van der Waals surface area contributed by atoms with Crippen molar-refractivity contribution >= 4 is 37.5 Å². The van der Waals surface area contributed by atoms with Gasteiger partial charge in [-0.25, -0.2) is 13.4 Å². The van der Waals surface area contributed by atoms with Gasteiger partial charge in [-0.05, 0) is 58.7 Å². The molecule has 0 radical (unpaired) electrons. The van der Waals surface area contributed by atoms with Crippen molar-refractivity contribution in [2.24, 2.45) is 0 Å². The van der Waals surface area contributed by atoms with Gasteiger partial charge in [0.25, 0.3) is 10.0 Å². The molecule has 1 heterocycles. The summed E-state index contributed by atoms with van der Waals surface area (Å²) in [5.41, 5.74) is 1.75. The van der Waals surface area contributed by atoms with Crippen LogP contribution in [-0.2, 0) is 10.0 Å². The number of aryl methyl sites for hydroxylation is 1. The molecule has 0 saturated heterocycles. The first-order valence-corrected chi connectivity index (χ1v) is 8.13. The average molecular weight is 356 g/mol. The minimum atomic E-state index is -3.62. The van der Waals surface area contributed by atoms with Crippen molar-refractivity contribution in [3.8, 4) is 0 Å². The molecule has 0 bridgehead atoms. The van der Waals surface area contributed by atoms with E-state index in [-0.39, 0.29) is 4.90 Å². The van der Waals surface area contributed by atoms with E-state index in [2.05, 4.69) is 31.0 Å². The first-order chi connectivity index (χ1) is 9.42. The van der Waals surface area contributed by atoms with Crippen molar-refractivity contribution in [2.75, 3.05) is 17.1 Å². The smallest absolute Gasteiger partial charge is 0.263 e. The number of benzene rings is 1. The molecular weight excluding hydrogens is 342 g/mol. The summed E-state index contributed by atoms with van der Waals surface area (Å²) in [4.78, 5) is 4.23. The van der Waals surface area contributed by atoms with Gasteiger partial charge in [-0.3, -0.25) is 4.72 Å². The maximum Gasteiger partial charge on any atom is 0.263 e. The zero-order valence-corrected chi connectivity index (χ0v) is 13.4. The Morgan fingerprint density at radius 3 is 2.40 bits per heavy atom. The van der Waals surface area contributed by atoms with Crippen LogP contribution < -0.4 is 10.0 Å². The lowest BCUT2D eigenvalue weighted by atomic mass is 10.3. The summed E-state index contributed by atoms with van der Waals surface area (Å²) in [7, 11) is -1.85. The summed E-state index contributed by atoms with van der Waals surface area (Å²) in [6.45, 7) is 1.87. The van der Waals surface area contributed by atoms with Crippen molar-refractivity contribution in [1.29, 1.82) is 0 Å². The van der Waals surface area contributed by atoms with E-state index < -0.39 is 10.0 Å². The zero-order valence-electron chi connectivity index (χ0n) is 11.0. The first kappa shape index (κ1) is 14.8. The molecule has 0 saturated carbocycles. The van der Waals surface area contributed by atoms with Gasteiger partial charge in [0, 0.05) is 23.4 Å². The fourth-order valence-corrected chi connectivity index (χ4v) is 2.81. The fourth-order valence-electron chi connectivity index (χ4n) is 1.59. The van der Waals surface area contributed by atoms with Gasteiger partial charge < -0.3 is 5.32 Å². The molecule has 2 aromatic rings. The van der Waals surface area contributed by atoms with E-state index in [4.69, 9.17) is 0 Å². The highest BCUT2D eigenvalue weighted by atomic mass is 79.9. The van der Waals surface area contributed by atoms with Crippen LogP contribution in [0.25, 0.3) is 0 Å². The number of anilines is 2. The summed E-state index contributed by atoms with van der Waals surface area (Å²) < 4.78 is 27.7. The Bertz CT molecular complexity index is 715. The Hall–Kier alpha value is -1.60. The lowest BCUT2D eigenvalue weighted by Crippen LogP contribution is -2.14. The monoisotopic (exact) mass is 355 g/mol. The van der Waals surface area contributed by atoms with Crippen LogP contribution in [0.4, 0.5) is 11.5 Å². The maximum absolute atomic E-state index is 12.2. The summed E-state index contributed by atoms with van der Waals surface area (Å²) >= 11 is 3.32. The molecule has 0 fully saturated rings. The number of nitrogens with zero attached hydrogens (tertiary/aromatic N) is 1. The topological polar surface area (TPSA) is 71.1 Å². The van der Waals surface area contributed by atoms with Crippen LogP contribution in [0.15, 0.2) is 45.9 Å². The number of rotatable bonds is 4.